The van der Waals surface area contributed by atoms with Crippen molar-refractivity contribution in [2.45, 2.75) is 63.5 Å². The number of hydrogen-bond donors (Lipinski definition) is 2. The van der Waals surface area contributed by atoms with E-state index in [1.54, 1.807) is 6.08 Å². The van der Waals surface area contributed by atoms with E-state index in [0.29, 0.717) is 24.4 Å². The molecule has 1 aliphatic rings. The van der Waals surface area contributed by atoms with Crippen LogP contribution in [-0.2, 0) is 9.59 Å². The highest BCUT2D eigenvalue weighted by molar-refractivity contribution is 6.30. The smallest absolute Gasteiger partial charge is 0.303 e. The third-order valence-electron chi connectivity index (χ3n) is 6.05. The zero-order valence-corrected chi connectivity index (χ0v) is 19.6. The number of halogens is 1. The Morgan fingerprint density at radius 1 is 1.09 bits per heavy atom. The fraction of sp³-hybridized carbons (Fsp3) is 0.407. The Morgan fingerprint density at radius 3 is 2.58 bits per heavy atom. The molecule has 0 bridgehead atoms. The van der Waals surface area contributed by atoms with E-state index in [-0.39, 0.29) is 18.4 Å². The second kappa shape index (κ2) is 12.6. The average molecular weight is 470 g/mol. The topological polar surface area (TPSA) is 77.8 Å². The standard InChI is InChI=1S/C27H32ClNO4/c28-23-11-6-9-21(19-23)20-8-5-10-22(18-20)25(30)16-15-24-12-7-13-26(31)29(24)17-4-2-1-3-14-27(32)33/h5-6,8-11,15-16,18-19,24-25,30H,1-4,7,12-14,17H2,(H,32,33)/b16-15+/t24-,25?/m1/s1. The van der Waals surface area contributed by atoms with E-state index in [4.69, 9.17) is 16.7 Å². The number of amides is 1. The molecule has 1 unspecified atom stereocenters. The van der Waals surface area contributed by atoms with Crippen LogP contribution in [-0.4, -0.2) is 39.6 Å². The first-order valence-corrected chi connectivity index (χ1v) is 12.1. The van der Waals surface area contributed by atoms with Gasteiger partial charge < -0.3 is 15.1 Å². The molecule has 1 amide bonds. The summed E-state index contributed by atoms with van der Waals surface area (Å²) in [5.41, 5.74) is 2.77. The van der Waals surface area contributed by atoms with Crippen LogP contribution in [0.15, 0.2) is 60.7 Å². The highest BCUT2D eigenvalue weighted by Crippen LogP contribution is 2.27. The van der Waals surface area contributed by atoms with Crippen LogP contribution in [0.4, 0.5) is 0 Å². The lowest BCUT2D eigenvalue weighted by atomic mass is 9.97. The fourth-order valence-electron chi connectivity index (χ4n) is 4.26. The first kappa shape index (κ1) is 25.0. The summed E-state index contributed by atoms with van der Waals surface area (Å²) in [7, 11) is 0. The number of aliphatic hydroxyl groups excluding tert-OH is 1. The quantitative estimate of drug-likeness (QED) is 0.312. The number of rotatable bonds is 11. The lowest BCUT2D eigenvalue weighted by Gasteiger charge is -2.34. The molecular formula is C27H32ClNO4. The number of piperidine rings is 1. The molecule has 2 aromatic rings. The molecule has 6 heteroatoms. The van der Waals surface area contributed by atoms with Gasteiger partial charge in [-0.1, -0.05) is 66.9 Å². The molecule has 33 heavy (non-hydrogen) atoms. The van der Waals surface area contributed by atoms with Crippen LogP contribution in [0.5, 0.6) is 0 Å². The number of benzene rings is 2. The summed E-state index contributed by atoms with van der Waals surface area (Å²) in [5.74, 6) is -0.609. The second-order valence-corrected chi connectivity index (χ2v) is 9.01. The number of aliphatic hydroxyl groups is 1. The summed E-state index contributed by atoms with van der Waals surface area (Å²) >= 11 is 6.12. The summed E-state index contributed by atoms with van der Waals surface area (Å²) < 4.78 is 0. The van der Waals surface area contributed by atoms with E-state index in [1.807, 2.05) is 59.5 Å². The summed E-state index contributed by atoms with van der Waals surface area (Å²) in [5, 5.41) is 20.2. The van der Waals surface area contributed by atoms with Crippen LogP contribution in [0.3, 0.4) is 0 Å². The number of likely N-dealkylation sites (tertiary alicyclic amines) is 1. The third kappa shape index (κ3) is 7.72. The van der Waals surface area contributed by atoms with Crippen molar-refractivity contribution in [3.63, 3.8) is 0 Å². The van der Waals surface area contributed by atoms with E-state index in [1.165, 1.54) is 0 Å². The number of carbonyl (C=O) groups excluding carboxylic acids is 1. The lowest BCUT2D eigenvalue weighted by Crippen LogP contribution is -2.43. The lowest BCUT2D eigenvalue weighted by molar-refractivity contribution is -0.137. The van der Waals surface area contributed by atoms with Crippen molar-refractivity contribution in [1.82, 2.24) is 4.90 Å². The van der Waals surface area contributed by atoms with Gasteiger partial charge in [-0.05, 0) is 60.6 Å². The Bertz CT molecular complexity index is 974. The minimum absolute atomic E-state index is 0.0176. The number of nitrogens with zero attached hydrogens (tertiary/aromatic N) is 1. The van der Waals surface area contributed by atoms with Crippen LogP contribution in [0.2, 0.25) is 5.02 Å². The summed E-state index contributed by atoms with van der Waals surface area (Å²) in [6.45, 7) is 0.668. The van der Waals surface area contributed by atoms with Crippen LogP contribution in [0.1, 0.15) is 63.0 Å². The molecule has 0 aliphatic carbocycles. The van der Waals surface area contributed by atoms with Crippen molar-refractivity contribution in [1.29, 1.82) is 0 Å². The van der Waals surface area contributed by atoms with Crippen molar-refractivity contribution >= 4 is 23.5 Å². The number of hydrogen-bond acceptors (Lipinski definition) is 3. The molecule has 0 radical (unpaired) electrons. The molecular weight excluding hydrogens is 438 g/mol. The molecule has 5 nitrogen and oxygen atoms in total. The van der Waals surface area contributed by atoms with Gasteiger partial charge in [0.1, 0.15) is 0 Å². The number of carboxylic acids is 1. The summed E-state index contributed by atoms with van der Waals surface area (Å²) in [6, 6.07) is 15.4. The Balaban J connectivity index is 1.60. The summed E-state index contributed by atoms with van der Waals surface area (Å²) in [4.78, 5) is 25.0. The zero-order valence-electron chi connectivity index (χ0n) is 18.8. The molecule has 2 aromatic carbocycles. The first-order chi connectivity index (χ1) is 15.9. The van der Waals surface area contributed by atoms with Gasteiger partial charge in [0.05, 0.1) is 12.1 Å². The van der Waals surface area contributed by atoms with Crippen molar-refractivity contribution in [3.8, 4) is 11.1 Å². The SMILES string of the molecule is O=C(O)CCCCCCN1C(=O)CCC[C@@H]1/C=C/C(O)c1cccc(-c2cccc(Cl)c2)c1. The largest absolute Gasteiger partial charge is 0.481 e. The predicted octanol–water partition coefficient (Wildman–Crippen LogP) is 6.01. The molecule has 0 aromatic heterocycles. The minimum atomic E-state index is -0.765. The van der Waals surface area contributed by atoms with Crippen LogP contribution in [0.25, 0.3) is 11.1 Å². The van der Waals surface area contributed by atoms with Gasteiger partial charge in [0.2, 0.25) is 5.91 Å². The molecule has 1 heterocycles. The average Bonchev–Trinajstić information content (AvgIpc) is 2.80. The molecule has 2 N–H and O–H groups in total. The Hall–Kier alpha value is -2.63. The first-order valence-electron chi connectivity index (χ1n) is 11.7. The number of carbonyl (C=O) groups is 2. The summed E-state index contributed by atoms with van der Waals surface area (Å²) in [6.07, 6.45) is 8.77. The predicted molar refractivity (Wildman–Crippen MR) is 131 cm³/mol. The van der Waals surface area contributed by atoms with E-state index in [2.05, 4.69) is 0 Å². The van der Waals surface area contributed by atoms with Crippen molar-refractivity contribution in [2.24, 2.45) is 0 Å². The van der Waals surface area contributed by atoms with E-state index in [0.717, 1.165) is 48.8 Å². The van der Waals surface area contributed by atoms with Gasteiger partial charge in [0.15, 0.2) is 0 Å². The molecule has 1 aliphatic heterocycles. The fourth-order valence-corrected chi connectivity index (χ4v) is 4.45. The van der Waals surface area contributed by atoms with Crippen LogP contribution < -0.4 is 0 Å². The van der Waals surface area contributed by atoms with E-state index < -0.39 is 12.1 Å². The molecule has 2 atom stereocenters. The Morgan fingerprint density at radius 2 is 1.82 bits per heavy atom. The van der Waals surface area contributed by atoms with E-state index in [9.17, 15) is 14.7 Å². The van der Waals surface area contributed by atoms with Crippen LogP contribution >= 0.6 is 11.6 Å². The van der Waals surface area contributed by atoms with E-state index >= 15 is 0 Å². The van der Waals surface area contributed by atoms with Gasteiger partial charge in [-0.3, -0.25) is 9.59 Å². The number of carboxylic acid groups (broad SMARTS) is 1. The second-order valence-electron chi connectivity index (χ2n) is 8.57. The molecule has 0 spiro atoms. The maximum atomic E-state index is 12.5. The molecule has 0 saturated carbocycles. The Labute approximate surface area is 200 Å². The van der Waals surface area contributed by atoms with Gasteiger partial charge in [-0.15, -0.1) is 0 Å². The van der Waals surface area contributed by atoms with Gasteiger partial charge in [-0.25, -0.2) is 0 Å². The van der Waals surface area contributed by atoms with Gasteiger partial charge >= 0.3 is 5.97 Å². The van der Waals surface area contributed by atoms with Gasteiger partial charge in [0, 0.05) is 24.4 Å². The monoisotopic (exact) mass is 469 g/mol. The van der Waals surface area contributed by atoms with Gasteiger partial charge in [0.25, 0.3) is 0 Å². The van der Waals surface area contributed by atoms with Crippen molar-refractivity contribution in [3.05, 3.63) is 71.3 Å². The van der Waals surface area contributed by atoms with Crippen molar-refractivity contribution < 1.29 is 19.8 Å². The number of aliphatic carboxylic acids is 1. The Kier molecular flexibility index (Phi) is 9.52. The normalized spacial score (nSPS) is 17.5. The highest BCUT2D eigenvalue weighted by Gasteiger charge is 2.25. The molecule has 3 rings (SSSR count). The maximum absolute atomic E-state index is 12.5. The van der Waals surface area contributed by atoms with Crippen molar-refractivity contribution in [2.75, 3.05) is 6.54 Å². The molecule has 1 fully saturated rings. The third-order valence-corrected chi connectivity index (χ3v) is 6.29. The minimum Gasteiger partial charge on any atom is -0.481 e. The molecule has 176 valence electrons. The van der Waals surface area contributed by atoms with Gasteiger partial charge in [-0.2, -0.15) is 0 Å². The van der Waals surface area contributed by atoms with Crippen LogP contribution in [0, 0.1) is 0 Å². The zero-order chi connectivity index (χ0) is 23.6. The number of unbranched alkanes of at least 4 members (excludes halogenated alkanes) is 3. The highest BCUT2D eigenvalue weighted by atomic mass is 35.5. The maximum Gasteiger partial charge on any atom is 0.303 e. The molecule has 1 saturated heterocycles.